The third kappa shape index (κ3) is 5.62. The van der Waals surface area contributed by atoms with Gasteiger partial charge in [-0.3, -0.25) is 0 Å². The van der Waals surface area contributed by atoms with Gasteiger partial charge < -0.3 is 9.32 Å². The fourth-order valence-electron chi connectivity index (χ4n) is 7.81. The highest BCUT2D eigenvalue weighted by Crippen LogP contribution is 2.43. The van der Waals surface area contributed by atoms with Crippen molar-refractivity contribution in [2.24, 2.45) is 0 Å². The Hall–Kier alpha value is -7.16. The maximum Gasteiger partial charge on any atom is 0.143 e. The number of fused-ring (bicyclic) bond motifs is 5. The van der Waals surface area contributed by atoms with Gasteiger partial charge in [0.05, 0.1) is 0 Å². The topological polar surface area (TPSA) is 16.4 Å². The molecular weight excluding hydrogens is 655 g/mol. The Balaban J connectivity index is 1.05. The number of rotatable bonds is 7. The Bertz CT molecular complexity index is 2810. The van der Waals surface area contributed by atoms with Crippen LogP contribution in [0.3, 0.4) is 0 Å². The van der Waals surface area contributed by atoms with Gasteiger partial charge in [-0.05, 0) is 86.8 Å². The average Bonchev–Trinajstić information content (AvgIpc) is 3.65. The molecule has 10 rings (SSSR count). The molecule has 0 aliphatic rings. The lowest BCUT2D eigenvalue weighted by atomic mass is 9.93. The zero-order chi connectivity index (χ0) is 35.8. The summed E-state index contributed by atoms with van der Waals surface area (Å²) in [5, 5.41) is 4.58. The second-order valence-corrected chi connectivity index (χ2v) is 13.7. The van der Waals surface area contributed by atoms with E-state index in [0.29, 0.717) is 0 Å². The van der Waals surface area contributed by atoms with Crippen molar-refractivity contribution in [1.29, 1.82) is 0 Å². The molecule has 54 heavy (non-hydrogen) atoms. The summed E-state index contributed by atoms with van der Waals surface area (Å²) in [6.45, 7) is 0. The van der Waals surface area contributed by atoms with Gasteiger partial charge in [-0.15, -0.1) is 0 Å². The molecule has 0 spiro atoms. The quantitative estimate of drug-likeness (QED) is 0.166. The predicted octanol–water partition coefficient (Wildman–Crippen LogP) is 14.9. The van der Waals surface area contributed by atoms with Gasteiger partial charge in [0, 0.05) is 38.8 Å². The number of hydrogen-bond acceptors (Lipinski definition) is 2. The van der Waals surface area contributed by atoms with Crippen LogP contribution in [-0.4, -0.2) is 0 Å². The van der Waals surface area contributed by atoms with Gasteiger partial charge in [0.1, 0.15) is 11.2 Å². The summed E-state index contributed by atoms with van der Waals surface area (Å²) in [7, 11) is 0. The van der Waals surface area contributed by atoms with E-state index >= 15 is 0 Å². The van der Waals surface area contributed by atoms with Crippen molar-refractivity contribution in [1.82, 2.24) is 0 Å². The van der Waals surface area contributed by atoms with Gasteiger partial charge in [0.25, 0.3) is 0 Å². The minimum absolute atomic E-state index is 0.914. The first-order valence-electron chi connectivity index (χ1n) is 18.4. The van der Waals surface area contributed by atoms with E-state index in [0.717, 1.165) is 66.6 Å². The van der Waals surface area contributed by atoms with Crippen molar-refractivity contribution >= 4 is 49.8 Å². The van der Waals surface area contributed by atoms with Gasteiger partial charge in [-0.25, -0.2) is 0 Å². The Morgan fingerprint density at radius 2 is 0.704 bits per heavy atom. The largest absolute Gasteiger partial charge is 0.455 e. The summed E-state index contributed by atoms with van der Waals surface area (Å²) in [6, 6.07) is 75.7. The van der Waals surface area contributed by atoms with Crippen LogP contribution in [-0.2, 0) is 0 Å². The molecule has 0 amide bonds. The Morgan fingerprint density at radius 1 is 0.259 bits per heavy atom. The van der Waals surface area contributed by atoms with Gasteiger partial charge in [-0.1, -0.05) is 170 Å². The number of nitrogens with zero attached hydrogens (tertiary/aromatic N) is 1. The molecule has 0 aliphatic carbocycles. The molecule has 0 aliphatic heterocycles. The van der Waals surface area contributed by atoms with E-state index in [1.165, 1.54) is 27.6 Å². The van der Waals surface area contributed by atoms with E-state index in [9.17, 15) is 0 Å². The van der Waals surface area contributed by atoms with Crippen molar-refractivity contribution in [2.75, 3.05) is 4.90 Å². The second-order valence-electron chi connectivity index (χ2n) is 13.7. The van der Waals surface area contributed by atoms with Crippen LogP contribution in [0.2, 0.25) is 0 Å². The zero-order valence-electron chi connectivity index (χ0n) is 29.6. The standard InChI is InChI=1S/C52H35NO/c1-3-12-36(13-4-1)38-22-29-42(30-23-38)53(43-31-24-39(25-32-43)37-14-5-2-6-15-37)44-33-26-41(27-34-44)45-17-9-10-19-47(45)48-20-11-21-49-50-35-28-40-16-7-8-18-46(40)51(50)54-52(48)49/h1-35H. The summed E-state index contributed by atoms with van der Waals surface area (Å²) in [5.74, 6) is 0. The lowest BCUT2D eigenvalue weighted by molar-refractivity contribution is 0.674. The number of para-hydroxylation sites is 1. The molecule has 0 saturated carbocycles. The van der Waals surface area contributed by atoms with Crippen LogP contribution in [0.5, 0.6) is 0 Å². The van der Waals surface area contributed by atoms with Crippen LogP contribution in [0.25, 0.3) is 77.2 Å². The third-order valence-corrected chi connectivity index (χ3v) is 10.5. The highest BCUT2D eigenvalue weighted by molar-refractivity contribution is 6.17. The van der Waals surface area contributed by atoms with E-state index in [1.807, 2.05) is 0 Å². The van der Waals surface area contributed by atoms with Gasteiger partial charge in [0.2, 0.25) is 0 Å². The van der Waals surface area contributed by atoms with E-state index in [2.05, 4.69) is 217 Å². The number of anilines is 3. The molecule has 9 aromatic carbocycles. The van der Waals surface area contributed by atoms with Crippen molar-refractivity contribution in [3.8, 4) is 44.5 Å². The minimum Gasteiger partial charge on any atom is -0.455 e. The Labute approximate surface area is 314 Å². The monoisotopic (exact) mass is 689 g/mol. The lowest BCUT2D eigenvalue weighted by Crippen LogP contribution is -2.09. The maximum absolute atomic E-state index is 6.76. The predicted molar refractivity (Wildman–Crippen MR) is 228 cm³/mol. The molecule has 10 aromatic rings. The Kier molecular flexibility index (Phi) is 7.85. The lowest BCUT2D eigenvalue weighted by Gasteiger charge is -2.26. The zero-order valence-corrected chi connectivity index (χ0v) is 29.6. The molecule has 2 heteroatoms. The summed E-state index contributed by atoms with van der Waals surface area (Å²) in [5.41, 5.74) is 14.5. The van der Waals surface area contributed by atoms with Crippen LogP contribution in [0.15, 0.2) is 217 Å². The van der Waals surface area contributed by atoms with Gasteiger partial charge in [-0.2, -0.15) is 0 Å². The number of furan rings is 1. The summed E-state index contributed by atoms with van der Waals surface area (Å²) in [4.78, 5) is 2.33. The van der Waals surface area contributed by atoms with E-state index in [4.69, 9.17) is 4.42 Å². The molecule has 1 heterocycles. The maximum atomic E-state index is 6.76. The molecule has 0 atom stereocenters. The van der Waals surface area contributed by atoms with E-state index < -0.39 is 0 Å². The van der Waals surface area contributed by atoms with Crippen molar-refractivity contribution in [3.05, 3.63) is 212 Å². The van der Waals surface area contributed by atoms with Crippen molar-refractivity contribution < 1.29 is 4.42 Å². The SMILES string of the molecule is c1ccc(-c2ccc(N(c3ccc(-c4ccccc4)cc3)c3ccc(-c4ccccc4-c4cccc5c4oc4c6ccccc6ccc54)cc3)cc2)cc1. The highest BCUT2D eigenvalue weighted by Gasteiger charge is 2.18. The second kappa shape index (κ2) is 13.4. The first-order chi connectivity index (χ1) is 26.8. The molecule has 0 bridgehead atoms. The summed E-state index contributed by atoms with van der Waals surface area (Å²) < 4.78 is 6.76. The molecule has 2 nitrogen and oxygen atoms in total. The molecule has 0 unspecified atom stereocenters. The minimum atomic E-state index is 0.914. The van der Waals surface area contributed by atoms with Crippen LogP contribution < -0.4 is 4.90 Å². The van der Waals surface area contributed by atoms with Crippen molar-refractivity contribution in [3.63, 3.8) is 0 Å². The normalized spacial score (nSPS) is 11.3. The highest BCUT2D eigenvalue weighted by atomic mass is 16.3. The number of benzene rings is 9. The smallest absolute Gasteiger partial charge is 0.143 e. The molecule has 0 saturated heterocycles. The molecule has 254 valence electrons. The first kappa shape index (κ1) is 31.6. The fourth-order valence-corrected chi connectivity index (χ4v) is 7.81. The van der Waals surface area contributed by atoms with Crippen LogP contribution >= 0.6 is 0 Å². The van der Waals surface area contributed by atoms with E-state index in [-0.39, 0.29) is 0 Å². The average molecular weight is 690 g/mol. The molecule has 0 fully saturated rings. The van der Waals surface area contributed by atoms with Crippen LogP contribution in [0, 0.1) is 0 Å². The summed E-state index contributed by atoms with van der Waals surface area (Å²) >= 11 is 0. The molecular formula is C52H35NO. The Morgan fingerprint density at radius 3 is 1.31 bits per heavy atom. The fraction of sp³-hybridized carbons (Fsp3) is 0. The molecule has 0 radical (unpaired) electrons. The van der Waals surface area contributed by atoms with Crippen molar-refractivity contribution in [2.45, 2.75) is 0 Å². The van der Waals surface area contributed by atoms with Gasteiger partial charge >= 0.3 is 0 Å². The third-order valence-electron chi connectivity index (χ3n) is 10.5. The molecule has 1 aromatic heterocycles. The summed E-state index contributed by atoms with van der Waals surface area (Å²) in [6.07, 6.45) is 0. The number of hydrogen-bond donors (Lipinski definition) is 0. The van der Waals surface area contributed by atoms with Crippen LogP contribution in [0.1, 0.15) is 0 Å². The first-order valence-corrected chi connectivity index (χ1v) is 18.4. The van der Waals surface area contributed by atoms with Gasteiger partial charge in [0.15, 0.2) is 0 Å². The van der Waals surface area contributed by atoms with E-state index in [1.54, 1.807) is 0 Å². The van der Waals surface area contributed by atoms with Crippen LogP contribution in [0.4, 0.5) is 17.1 Å². The molecule has 0 N–H and O–H groups in total.